The third-order valence-corrected chi connectivity index (χ3v) is 4.53. The Morgan fingerprint density at radius 1 is 1.08 bits per heavy atom. The summed E-state index contributed by atoms with van der Waals surface area (Å²) >= 11 is 0.917. The normalized spacial score (nSPS) is 11.5. The fourth-order valence-corrected chi connectivity index (χ4v) is 2.83. The third kappa shape index (κ3) is 4.26. The molecule has 1 N–H and O–H groups in total. The predicted octanol–water partition coefficient (Wildman–Crippen LogP) is 5.34. The van der Waals surface area contributed by atoms with Gasteiger partial charge in [-0.2, -0.15) is 9.49 Å². The van der Waals surface area contributed by atoms with Crippen LogP contribution in [0.2, 0.25) is 0 Å². The lowest BCUT2D eigenvalue weighted by molar-refractivity contribution is 0.146. The highest BCUT2D eigenvalue weighted by Crippen LogP contribution is 2.26. The van der Waals surface area contributed by atoms with Crippen molar-refractivity contribution in [3.63, 3.8) is 0 Å². The van der Waals surface area contributed by atoms with Gasteiger partial charge in [-0.05, 0) is 49.2 Å². The van der Waals surface area contributed by atoms with Crippen molar-refractivity contribution in [1.29, 1.82) is 0 Å². The van der Waals surface area contributed by atoms with Gasteiger partial charge < -0.3 is 0 Å². The number of anilines is 1. The molecule has 0 saturated heterocycles. The number of nitrogens with zero attached hydrogens (tertiary/aromatic N) is 3. The van der Waals surface area contributed by atoms with Crippen LogP contribution in [-0.4, -0.2) is 16.2 Å². The topological polar surface area (TPSA) is 50.2 Å². The first-order chi connectivity index (χ1) is 12.4. The molecule has 0 unspecified atom stereocenters. The SMILES string of the molecule is Cc1ccc(-c2cc(C(F)F)nc(N/N=C/c3ccc(F)s3)n2)cc1C. The summed E-state index contributed by atoms with van der Waals surface area (Å²) in [5.74, 6) is -0.0516. The molecular weight excluding hydrogens is 361 g/mol. The molecule has 0 fully saturated rings. The largest absolute Gasteiger partial charge is 0.280 e. The summed E-state index contributed by atoms with van der Waals surface area (Å²) in [5.41, 5.74) is 5.36. The van der Waals surface area contributed by atoms with Crippen molar-refractivity contribution in [3.05, 3.63) is 63.2 Å². The molecule has 8 heteroatoms. The fourth-order valence-electron chi connectivity index (χ4n) is 2.23. The molecule has 3 rings (SSSR count). The number of aromatic nitrogens is 2. The van der Waals surface area contributed by atoms with Crippen LogP contribution in [0.1, 0.15) is 28.1 Å². The van der Waals surface area contributed by atoms with E-state index in [1.54, 1.807) is 6.07 Å². The van der Waals surface area contributed by atoms with Crippen LogP contribution in [0.3, 0.4) is 0 Å². The van der Waals surface area contributed by atoms with Crippen LogP contribution in [0, 0.1) is 19.0 Å². The Kier molecular flexibility index (Phi) is 5.32. The standard InChI is InChI=1S/C18H15F3N4S/c1-10-3-4-12(7-11(10)2)14-8-15(17(20)21)24-18(23-14)25-22-9-13-5-6-16(19)26-13/h3-9,17H,1-2H3,(H,23,24,25)/b22-9+. The van der Waals surface area contributed by atoms with Crippen molar-refractivity contribution in [1.82, 2.24) is 9.97 Å². The lowest BCUT2D eigenvalue weighted by Crippen LogP contribution is -2.02. The van der Waals surface area contributed by atoms with Gasteiger partial charge >= 0.3 is 0 Å². The molecule has 0 aliphatic rings. The molecule has 0 atom stereocenters. The van der Waals surface area contributed by atoms with Gasteiger partial charge in [-0.15, -0.1) is 11.3 Å². The minimum Gasteiger partial charge on any atom is -0.245 e. The Hall–Kier alpha value is -2.74. The van der Waals surface area contributed by atoms with Crippen LogP contribution in [0.5, 0.6) is 0 Å². The van der Waals surface area contributed by atoms with Crippen LogP contribution in [-0.2, 0) is 0 Å². The van der Waals surface area contributed by atoms with Gasteiger partial charge in [0, 0.05) is 5.56 Å². The molecule has 3 aromatic rings. The number of nitrogens with one attached hydrogen (secondary N) is 1. The number of benzene rings is 1. The minimum atomic E-state index is -2.74. The maximum Gasteiger partial charge on any atom is 0.280 e. The average molecular weight is 376 g/mol. The maximum atomic E-state index is 13.2. The van der Waals surface area contributed by atoms with Crippen molar-refractivity contribution in [2.24, 2.45) is 5.10 Å². The van der Waals surface area contributed by atoms with E-state index in [1.165, 1.54) is 18.3 Å². The molecule has 0 saturated carbocycles. The number of hydrazone groups is 1. The molecule has 26 heavy (non-hydrogen) atoms. The van der Waals surface area contributed by atoms with Gasteiger partial charge in [-0.25, -0.2) is 24.2 Å². The molecule has 4 nitrogen and oxygen atoms in total. The zero-order chi connectivity index (χ0) is 18.7. The summed E-state index contributed by atoms with van der Waals surface area (Å²) < 4.78 is 39.3. The van der Waals surface area contributed by atoms with Crippen molar-refractivity contribution < 1.29 is 13.2 Å². The Balaban J connectivity index is 1.90. The van der Waals surface area contributed by atoms with Crippen LogP contribution in [0.4, 0.5) is 19.1 Å². The van der Waals surface area contributed by atoms with E-state index in [0.29, 0.717) is 16.1 Å². The summed E-state index contributed by atoms with van der Waals surface area (Å²) in [5, 5.41) is 3.56. The number of rotatable bonds is 5. The Bertz CT molecular complexity index is 953. The molecule has 2 aromatic heterocycles. The van der Waals surface area contributed by atoms with Gasteiger partial charge in [-0.1, -0.05) is 12.1 Å². The number of alkyl halides is 2. The predicted molar refractivity (Wildman–Crippen MR) is 97.4 cm³/mol. The Morgan fingerprint density at radius 3 is 2.54 bits per heavy atom. The zero-order valence-electron chi connectivity index (χ0n) is 14.0. The van der Waals surface area contributed by atoms with E-state index >= 15 is 0 Å². The molecule has 1 aromatic carbocycles. The molecule has 0 bridgehead atoms. The molecule has 0 amide bonds. The maximum absolute atomic E-state index is 13.2. The van der Waals surface area contributed by atoms with E-state index in [9.17, 15) is 13.2 Å². The first-order valence-corrected chi connectivity index (χ1v) is 8.53. The number of aryl methyl sites for hydroxylation is 2. The van der Waals surface area contributed by atoms with Gasteiger partial charge in [0.15, 0.2) is 5.13 Å². The minimum absolute atomic E-state index is 0.0516. The highest BCUT2D eigenvalue weighted by Gasteiger charge is 2.14. The lowest BCUT2D eigenvalue weighted by Gasteiger charge is -2.09. The van der Waals surface area contributed by atoms with Gasteiger partial charge in [0.05, 0.1) is 16.8 Å². The highest BCUT2D eigenvalue weighted by atomic mass is 32.1. The molecule has 2 heterocycles. The highest BCUT2D eigenvalue weighted by molar-refractivity contribution is 7.12. The fraction of sp³-hybridized carbons (Fsp3) is 0.167. The molecule has 0 aliphatic carbocycles. The van der Waals surface area contributed by atoms with E-state index < -0.39 is 12.1 Å². The second-order valence-corrected chi connectivity index (χ2v) is 6.68. The van der Waals surface area contributed by atoms with Gasteiger partial charge in [0.2, 0.25) is 5.95 Å². The zero-order valence-corrected chi connectivity index (χ0v) is 14.8. The monoisotopic (exact) mass is 376 g/mol. The summed E-state index contributed by atoms with van der Waals surface area (Å²) in [4.78, 5) is 8.61. The van der Waals surface area contributed by atoms with E-state index in [1.807, 2.05) is 32.0 Å². The van der Waals surface area contributed by atoms with Crippen molar-refractivity contribution >= 4 is 23.5 Å². The summed E-state index contributed by atoms with van der Waals surface area (Å²) in [6, 6.07) is 9.75. The van der Waals surface area contributed by atoms with E-state index in [-0.39, 0.29) is 11.1 Å². The summed E-state index contributed by atoms with van der Waals surface area (Å²) in [7, 11) is 0. The molecule has 0 radical (unpaired) electrons. The summed E-state index contributed by atoms with van der Waals surface area (Å²) in [6.45, 7) is 3.91. The van der Waals surface area contributed by atoms with Gasteiger partial charge in [0.1, 0.15) is 5.69 Å². The number of hydrogen-bond donors (Lipinski definition) is 1. The van der Waals surface area contributed by atoms with Crippen molar-refractivity contribution in [3.8, 4) is 11.3 Å². The quantitative estimate of drug-likeness (QED) is 0.483. The molecule has 0 spiro atoms. The van der Waals surface area contributed by atoms with Crippen LogP contribution >= 0.6 is 11.3 Å². The van der Waals surface area contributed by atoms with Crippen molar-refractivity contribution in [2.75, 3.05) is 5.43 Å². The third-order valence-electron chi connectivity index (χ3n) is 3.72. The van der Waals surface area contributed by atoms with E-state index in [4.69, 9.17) is 0 Å². The number of halogens is 3. The lowest BCUT2D eigenvalue weighted by atomic mass is 10.0. The van der Waals surface area contributed by atoms with Gasteiger partial charge in [-0.3, -0.25) is 0 Å². The molecule has 0 aliphatic heterocycles. The molecular formula is C18H15F3N4S. The second kappa shape index (κ2) is 7.65. The number of thiophene rings is 1. The molecule has 134 valence electrons. The second-order valence-electron chi connectivity index (χ2n) is 5.61. The van der Waals surface area contributed by atoms with Crippen LogP contribution in [0.15, 0.2) is 41.5 Å². The van der Waals surface area contributed by atoms with Crippen molar-refractivity contribution in [2.45, 2.75) is 20.3 Å². The Labute approximate surface area is 152 Å². The van der Waals surface area contributed by atoms with E-state index in [0.717, 1.165) is 22.5 Å². The number of hydrogen-bond acceptors (Lipinski definition) is 5. The Morgan fingerprint density at radius 2 is 1.88 bits per heavy atom. The summed E-state index contributed by atoms with van der Waals surface area (Å²) in [6.07, 6.45) is -1.36. The van der Waals surface area contributed by atoms with E-state index in [2.05, 4.69) is 20.5 Å². The smallest absolute Gasteiger partial charge is 0.245 e. The van der Waals surface area contributed by atoms with Crippen LogP contribution < -0.4 is 5.43 Å². The first-order valence-electron chi connectivity index (χ1n) is 7.71. The van der Waals surface area contributed by atoms with Gasteiger partial charge in [0.25, 0.3) is 6.43 Å². The average Bonchev–Trinajstić information content (AvgIpc) is 3.02. The van der Waals surface area contributed by atoms with Crippen LogP contribution in [0.25, 0.3) is 11.3 Å². The first kappa shape index (κ1) is 18.1.